The number of hydrogen-bond acceptors (Lipinski definition) is 2. The van der Waals surface area contributed by atoms with E-state index in [0.717, 1.165) is 25.7 Å². The van der Waals surface area contributed by atoms with Crippen molar-refractivity contribution in [2.75, 3.05) is 6.54 Å². The Hall–Kier alpha value is -1.26. The number of hydrogen-bond donors (Lipinski definition) is 3. The predicted octanol–water partition coefficient (Wildman–Crippen LogP) is 0.703. The van der Waals surface area contributed by atoms with Crippen LogP contribution in [-0.4, -0.2) is 29.2 Å². The van der Waals surface area contributed by atoms with Crippen LogP contribution in [0.15, 0.2) is 0 Å². The van der Waals surface area contributed by atoms with E-state index in [-0.39, 0.29) is 12.1 Å². The fourth-order valence-electron chi connectivity index (χ4n) is 1.75. The Morgan fingerprint density at radius 1 is 1.36 bits per heavy atom. The SMILES string of the molecule is CC1(NC(=O)NCC(=O)O)CCCC1. The van der Waals surface area contributed by atoms with Crippen molar-refractivity contribution in [3.63, 3.8) is 0 Å². The van der Waals surface area contributed by atoms with Crippen LogP contribution < -0.4 is 10.6 Å². The third-order valence-electron chi connectivity index (χ3n) is 2.52. The summed E-state index contributed by atoms with van der Waals surface area (Å²) in [5.41, 5.74) is -0.150. The van der Waals surface area contributed by atoms with Crippen LogP contribution in [0.5, 0.6) is 0 Å². The Balaban J connectivity index is 2.29. The third-order valence-corrected chi connectivity index (χ3v) is 2.52. The summed E-state index contributed by atoms with van der Waals surface area (Å²) < 4.78 is 0. The van der Waals surface area contributed by atoms with Gasteiger partial charge in [-0.2, -0.15) is 0 Å². The molecule has 80 valence electrons. The normalized spacial score (nSPS) is 18.9. The van der Waals surface area contributed by atoms with Gasteiger partial charge in [-0.15, -0.1) is 0 Å². The van der Waals surface area contributed by atoms with Gasteiger partial charge in [-0.25, -0.2) is 4.79 Å². The van der Waals surface area contributed by atoms with Gasteiger partial charge in [0.2, 0.25) is 0 Å². The lowest BCUT2D eigenvalue weighted by atomic mass is 10.0. The van der Waals surface area contributed by atoms with Crippen LogP contribution in [0.1, 0.15) is 32.6 Å². The summed E-state index contributed by atoms with van der Waals surface area (Å²) in [7, 11) is 0. The first kappa shape index (κ1) is 10.8. The molecule has 1 fully saturated rings. The molecule has 5 nitrogen and oxygen atoms in total. The van der Waals surface area contributed by atoms with Crippen molar-refractivity contribution < 1.29 is 14.7 Å². The molecule has 0 heterocycles. The number of carboxylic acids is 1. The predicted molar refractivity (Wildman–Crippen MR) is 51.0 cm³/mol. The van der Waals surface area contributed by atoms with Gasteiger partial charge in [0.25, 0.3) is 0 Å². The second-order valence-corrected chi connectivity index (χ2v) is 3.97. The maximum Gasteiger partial charge on any atom is 0.323 e. The minimum Gasteiger partial charge on any atom is -0.480 e. The summed E-state index contributed by atoms with van der Waals surface area (Å²) in [5, 5.41) is 13.4. The van der Waals surface area contributed by atoms with Gasteiger partial charge in [-0.1, -0.05) is 12.8 Å². The van der Waals surface area contributed by atoms with Crippen LogP contribution in [0, 0.1) is 0 Å². The Bertz CT molecular complexity index is 234. The van der Waals surface area contributed by atoms with Crippen LogP contribution >= 0.6 is 0 Å². The van der Waals surface area contributed by atoms with Gasteiger partial charge < -0.3 is 15.7 Å². The zero-order chi connectivity index (χ0) is 10.6. The lowest BCUT2D eigenvalue weighted by Gasteiger charge is -2.25. The van der Waals surface area contributed by atoms with Crippen LogP contribution in [-0.2, 0) is 4.79 Å². The number of carbonyl (C=O) groups is 2. The van der Waals surface area contributed by atoms with E-state index in [1.807, 2.05) is 6.92 Å². The third kappa shape index (κ3) is 3.24. The number of carboxylic acid groups (broad SMARTS) is 1. The maximum absolute atomic E-state index is 11.2. The van der Waals surface area contributed by atoms with Crippen molar-refractivity contribution in [3.05, 3.63) is 0 Å². The smallest absolute Gasteiger partial charge is 0.323 e. The van der Waals surface area contributed by atoms with Gasteiger partial charge in [-0.3, -0.25) is 4.79 Å². The lowest BCUT2D eigenvalue weighted by molar-refractivity contribution is -0.135. The number of nitrogens with one attached hydrogen (secondary N) is 2. The Morgan fingerprint density at radius 2 is 1.93 bits per heavy atom. The number of carbonyl (C=O) groups excluding carboxylic acids is 1. The fourth-order valence-corrected chi connectivity index (χ4v) is 1.75. The van der Waals surface area contributed by atoms with E-state index in [1.54, 1.807) is 0 Å². The summed E-state index contributed by atoms with van der Waals surface area (Å²) in [6.45, 7) is 1.66. The lowest BCUT2D eigenvalue weighted by Crippen LogP contribution is -2.49. The average Bonchev–Trinajstić information content (AvgIpc) is 2.48. The van der Waals surface area contributed by atoms with Crippen molar-refractivity contribution >= 4 is 12.0 Å². The highest BCUT2D eigenvalue weighted by molar-refractivity contribution is 5.80. The van der Waals surface area contributed by atoms with Crippen molar-refractivity contribution in [3.8, 4) is 0 Å². The average molecular weight is 200 g/mol. The van der Waals surface area contributed by atoms with E-state index in [9.17, 15) is 9.59 Å². The highest BCUT2D eigenvalue weighted by Crippen LogP contribution is 2.28. The molecular formula is C9H16N2O3. The Morgan fingerprint density at radius 3 is 2.43 bits per heavy atom. The second kappa shape index (κ2) is 4.30. The van der Waals surface area contributed by atoms with E-state index in [0.29, 0.717) is 0 Å². The molecule has 0 aromatic heterocycles. The summed E-state index contributed by atoms with van der Waals surface area (Å²) in [4.78, 5) is 21.4. The minimum atomic E-state index is -1.03. The maximum atomic E-state index is 11.2. The molecule has 0 bridgehead atoms. The zero-order valence-electron chi connectivity index (χ0n) is 8.30. The highest BCUT2D eigenvalue weighted by atomic mass is 16.4. The summed E-state index contributed by atoms with van der Waals surface area (Å²) in [5.74, 6) is -1.03. The molecule has 0 radical (unpaired) electrons. The fraction of sp³-hybridized carbons (Fsp3) is 0.778. The molecule has 1 aliphatic carbocycles. The van der Waals surface area contributed by atoms with Crippen LogP contribution in [0.2, 0.25) is 0 Å². The number of aliphatic carboxylic acids is 1. The van der Waals surface area contributed by atoms with Gasteiger partial charge in [0.05, 0.1) is 0 Å². The topological polar surface area (TPSA) is 78.4 Å². The molecule has 1 rings (SSSR count). The van der Waals surface area contributed by atoms with Gasteiger partial charge in [0, 0.05) is 5.54 Å². The molecule has 14 heavy (non-hydrogen) atoms. The molecule has 2 amide bonds. The monoisotopic (exact) mass is 200 g/mol. The van der Waals surface area contributed by atoms with Gasteiger partial charge >= 0.3 is 12.0 Å². The second-order valence-electron chi connectivity index (χ2n) is 3.97. The van der Waals surface area contributed by atoms with Crippen molar-refractivity contribution in [2.24, 2.45) is 0 Å². The quantitative estimate of drug-likeness (QED) is 0.627. The Labute approximate surface area is 82.9 Å². The molecule has 1 saturated carbocycles. The van der Waals surface area contributed by atoms with Crippen molar-refractivity contribution in [2.45, 2.75) is 38.1 Å². The molecule has 0 unspecified atom stereocenters. The first-order chi connectivity index (χ1) is 6.52. The number of rotatable bonds is 3. The standard InChI is InChI=1S/C9H16N2O3/c1-9(4-2-3-5-9)11-8(14)10-6-7(12)13/h2-6H2,1H3,(H,12,13)(H2,10,11,14). The molecular weight excluding hydrogens is 184 g/mol. The highest BCUT2D eigenvalue weighted by Gasteiger charge is 2.29. The molecule has 0 atom stereocenters. The first-order valence-electron chi connectivity index (χ1n) is 4.80. The van der Waals surface area contributed by atoms with E-state index in [1.165, 1.54) is 0 Å². The summed E-state index contributed by atoms with van der Waals surface area (Å²) >= 11 is 0. The first-order valence-corrected chi connectivity index (χ1v) is 4.80. The molecule has 5 heteroatoms. The van der Waals surface area contributed by atoms with Gasteiger partial charge in [0.1, 0.15) is 6.54 Å². The summed E-state index contributed by atoms with van der Waals surface area (Å²) in [6.07, 6.45) is 4.17. The van der Waals surface area contributed by atoms with Gasteiger partial charge in [0.15, 0.2) is 0 Å². The molecule has 0 aliphatic heterocycles. The summed E-state index contributed by atoms with van der Waals surface area (Å²) in [6, 6.07) is -0.392. The largest absolute Gasteiger partial charge is 0.480 e. The molecule has 3 N–H and O–H groups in total. The van der Waals surface area contributed by atoms with E-state index < -0.39 is 12.0 Å². The van der Waals surface area contributed by atoms with Gasteiger partial charge in [-0.05, 0) is 19.8 Å². The molecule has 1 aliphatic rings. The van der Waals surface area contributed by atoms with E-state index >= 15 is 0 Å². The van der Waals surface area contributed by atoms with E-state index in [4.69, 9.17) is 5.11 Å². The van der Waals surface area contributed by atoms with E-state index in [2.05, 4.69) is 10.6 Å². The zero-order valence-corrected chi connectivity index (χ0v) is 8.30. The minimum absolute atomic E-state index is 0.150. The van der Waals surface area contributed by atoms with Crippen LogP contribution in [0.4, 0.5) is 4.79 Å². The molecule has 0 saturated heterocycles. The number of amides is 2. The molecule has 0 spiro atoms. The number of urea groups is 1. The Kier molecular flexibility index (Phi) is 3.33. The molecule has 0 aromatic rings. The van der Waals surface area contributed by atoms with Crippen molar-refractivity contribution in [1.29, 1.82) is 0 Å². The molecule has 0 aromatic carbocycles. The van der Waals surface area contributed by atoms with Crippen LogP contribution in [0.25, 0.3) is 0 Å². The van der Waals surface area contributed by atoms with Crippen LogP contribution in [0.3, 0.4) is 0 Å². The van der Waals surface area contributed by atoms with Crippen molar-refractivity contribution in [1.82, 2.24) is 10.6 Å².